The Hall–Kier alpha value is -3.26. The molecule has 31 heavy (non-hydrogen) atoms. The second-order valence-electron chi connectivity index (χ2n) is 6.74. The number of thioether (sulfide) groups is 1. The second-order valence-corrected chi connectivity index (χ2v) is 8.15. The molecule has 0 spiro atoms. The first-order valence-corrected chi connectivity index (χ1v) is 10.8. The molecule has 7 nitrogen and oxygen atoms in total. The van der Waals surface area contributed by atoms with Gasteiger partial charge < -0.3 is 20.1 Å². The van der Waals surface area contributed by atoms with Crippen molar-refractivity contribution in [3.63, 3.8) is 0 Å². The van der Waals surface area contributed by atoms with E-state index in [2.05, 4.69) is 10.6 Å². The predicted octanol–water partition coefficient (Wildman–Crippen LogP) is 3.58. The Morgan fingerprint density at radius 1 is 1.03 bits per heavy atom. The maximum Gasteiger partial charge on any atom is 0.338 e. The minimum Gasteiger partial charge on any atom is -0.463 e. The molecule has 8 heteroatoms. The van der Waals surface area contributed by atoms with Crippen molar-refractivity contribution in [1.29, 1.82) is 0 Å². The van der Waals surface area contributed by atoms with Gasteiger partial charge >= 0.3 is 18.0 Å². The van der Waals surface area contributed by atoms with Crippen LogP contribution in [0.4, 0.5) is 4.79 Å². The third-order valence-corrected chi connectivity index (χ3v) is 5.62. The van der Waals surface area contributed by atoms with E-state index in [1.165, 1.54) is 11.8 Å². The maximum absolute atomic E-state index is 12.7. The molecule has 0 saturated heterocycles. The van der Waals surface area contributed by atoms with E-state index in [-0.39, 0.29) is 24.5 Å². The van der Waals surface area contributed by atoms with Crippen LogP contribution < -0.4 is 10.6 Å². The van der Waals surface area contributed by atoms with Gasteiger partial charge in [-0.05, 0) is 31.5 Å². The van der Waals surface area contributed by atoms with Crippen LogP contribution >= 0.6 is 11.8 Å². The van der Waals surface area contributed by atoms with Crippen molar-refractivity contribution >= 4 is 29.7 Å². The van der Waals surface area contributed by atoms with Gasteiger partial charge in [0.1, 0.15) is 11.9 Å². The van der Waals surface area contributed by atoms with Crippen molar-refractivity contribution in [2.45, 2.75) is 30.0 Å². The maximum atomic E-state index is 12.7. The summed E-state index contributed by atoms with van der Waals surface area (Å²) in [6, 6.07) is 17.4. The van der Waals surface area contributed by atoms with Crippen LogP contribution in [0, 0.1) is 0 Å². The molecular formula is C23H24N2O5S. The third kappa shape index (κ3) is 5.88. The Bertz CT molecular complexity index is 962. The van der Waals surface area contributed by atoms with Crippen LogP contribution in [0.15, 0.2) is 76.8 Å². The zero-order valence-corrected chi connectivity index (χ0v) is 18.1. The lowest BCUT2D eigenvalue weighted by molar-refractivity contribution is -0.143. The van der Waals surface area contributed by atoms with E-state index in [9.17, 15) is 14.4 Å². The minimum atomic E-state index is -0.709. The van der Waals surface area contributed by atoms with Crippen molar-refractivity contribution in [3.8, 4) is 0 Å². The summed E-state index contributed by atoms with van der Waals surface area (Å²) in [7, 11) is 0. The SMILES string of the molecule is CCOC(=O)C1=C(COC(=O)C(C)Sc2ccccc2)NC(=O)NC1c1ccccc1. The van der Waals surface area contributed by atoms with Gasteiger partial charge in [0.25, 0.3) is 0 Å². The van der Waals surface area contributed by atoms with Gasteiger partial charge in [-0.2, -0.15) is 0 Å². The summed E-state index contributed by atoms with van der Waals surface area (Å²) in [5, 5.41) is 4.87. The molecule has 0 fully saturated rings. The van der Waals surface area contributed by atoms with Crippen molar-refractivity contribution < 1.29 is 23.9 Å². The van der Waals surface area contributed by atoms with Gasteiger partial charge in [0.15, 0.2) is 0 Å². The van der Waals surface area contributed by atoms with E-state index >= 15 is 0 Å². The molecule has 0 saturated carbocycles. The number of esters is 2. The minimum absolute atomic E-state index is 0.176. The Balaban J connectivity index is 1.80. The van der Waals surface area contributed by atoms with Crippen LogP contribution in [0.25, 0.3) is 0 Å². The van der Waals surface area contributed by atoms with Crippen LogP contribution in [0.5, 0.6) is 0 Å². The lowest BCUT2D eigenvalue weighted by atomic mass is 9.95. The number of amides is 2. The number of urea groups is 1. The van der Waals surface area contributed by atoms with Gasteiger partial charge in [0, 0.05) is 4.90 Å². The average Bonchev–Trinajstić information content (AvgIpc) is 2.78. The zero-order chi connectivity index (χ0) is 22.2. The van der Waals surface area contributed by atoms with Gasteiger partial charge in [-0.3, -0.25) is 4.79 Å². The molecule has 2 atom stereocenters. The van der Waals surface area contributed by atoms with Crippen LogP contribution in [-0.2, 0) is 19.1 Å². The largest absolute Gasteiger partial charge is 0.463 e. The van der Waals surface area contributed by atoms with E-state index in [0.29, 0.717) is 0 Å². The molecule has 0 radical (unpaired) electrons. The fraction of sp³-hybridized carbons (Fsp3) is 0.261. The molecule has 1 aliphatic heterocycles. The summed E-state index contributed by atoms with van der Waals surface area (Å²) in [4.78, 5) is 38.4. The fourth-order valence-electron chi connectivity index (χ4n) is 3.09. The van der Waals surface area contributed by atoms with E-state index in [0.717, 1.165) is 10.5 Å². The number of nitrogens with one attached hydrogen (secondary N) is 2. The van der Waals surface area contributed by atoms with Crippen molar-refractivity contribution in [2.24, 2.45) is 0 Å². The van der Waals surface area contributed by atoms with E-state index < -0.39 is 29.3 Å². The molecule has 0 aromatic heterocycles. The summed E-state index contributed by atoms with van der Waals surface area (Å²) in [6.07, 6.45) is 0. The Morgan fingerprint density at radius 2 is 1.68 bits per heavy atom. The highest BCUT2D eigenvalue weighted by atomic mass is 32.2. The molecule has 0 aliphatic carbocycles. The van der Waals surface area contributed by atoms with E-state index in [1.807, 2.05) is 48.5 Å². The van der Waals surface area contributed by atoms with Gasteiger partial charge in [-0.15, -0.1) is 11.8 Å². The Morgan fingerprint density at radius 3 is 2.32 bits per heavy atom. The highest BCUT2D eigenvalue weighted by Gasteiger charge is 2.34. The number of hydrogen-bond acceptors (Lipinski definition) is 6. The van der Waals surface area contributed by atoms with Gasteiger partial charge in [0.2, 0.25) is 0 Å². The smallest absolute Gasteiger partial charge is 0.338 e. The number of hydrogen-bond donors (Lipinski definition) is 2. The third-order valence-electron chi connectivity index (χ3n) is 4.53. The van der Waals surface area contributed by atoms with Crippen molar-refractivity contribution in [2.75, 3.05) is 13.2 Å². The molecule has 2 aromatic carbocycles. The highest BCUT2D eigenvalue weighted by Crippen LogP contribution is 2.28. The fourth-order valence-corrected chi connectivity index (χ4v) is 3.98. The topological polar surface area (TPSA) is 93.7 Å². The van der Waals surface area contributed by atoms with Crippen LogP contribution in [0.3, 0.4) is 0 Å². The molecule has 2 amide bonds. The molecule has 0 bridgehead atoms. The average molecular weight is 441 g/mol. The van der Waals surface area contributed by atoms with Crippen LogP contribution in [-0.4, -0.2) is 36.4 Å². The predicted molar refractivity (Wildman–Crippen MR) is 117 cm³/mol. The molecule has 3 rings (SSSR count). The second kappa shape index (κ2) is 10.7. The molecule has 162 valence electrons. The first-order chi connectivity index (χ1) is 15.0. The lowest BCUT2D eigenvalue weighted by Crippen LogP contribution is -2.47. The first-order valence-electron chi connectivity index (χ1n) is 9.90. The summed E-state index contributed by atoms with van der Waals surface area (Å²) < 4.78 is 10.6. The van der Waals surface area contributed by atoms with Crippen LogP contribution in [0.1, 0.15) is 25.5 Å². The summed E-state index contributed by atoms with van der Waals surface area (Å²) >= 11 is 1.37. The normalized spacial score (nSPS) is 16.7. The Kier molecular flexibility index (Phi) is 7.72. The number of carbonyl (C=O) groups is 3. The van der Waals surface area contributed by atoms with Gasteiger partial charge in [-0.1, -0.05) is 48.5 Å². The highest BCUT2D eigenvalue weighted by molar-refractivity contribution is 8.00. The summed E-state index contributed by atoms with van der Waals surface area (Å²) in [5.41, 5.74) is 1.14. The number of rotatable bonds is 8. The monoisotopic (exact) mass is 440 g/mol. The molecule has 1 aliphatic rings. The van der Waals surface area contributed by atoms with Crippen molar-refractivity contribution in [1.82, 2.24) is 10.6 Å². The standard InChI is InChI=1S/C23H24N2O5S/c1-3-29-22(27)19-18(24-23(28)25-20(19)16-10-6-4-7-11-16)14-30-21(26)15(2)31-17-12-8-5-9-13-17/h4-13,15,20H,3,14H2,1-2H3,(H2,24,25,28). The summed E-state index contributed by atoms with van der Waals surface area (Å²) in [6.45, 7) is 3.38. The Labute approximate surface area is 185 Å². The number of ether oxygens (including phenoxy) is 2. The number of benzene rings is 2. The first kappa shape index (κ1) is 22.4. The molecule has 1 heterocycles. The molecule has 2 unspecified atom stereocenters. The molecule has 2 N–H and O–H groups in total. The zero-order valence-electron chi connectivity index (χ0n) is 17.3. The lowest BCUT2D eigenvalue weighted by Gasteiger charge is -2.29. The number of carbonyl (C=O) groups excluding carboxylic acids is 3. The van der Waals surface area contributed by atoms with E-state index in [1.54, 1.807) is 26.0 Å². The van der Waals surface area contributed by atoms with Crippen molar-refractivity contribution in [3.05, 3.63) is 77.5 Å². The van der Waals surface area contributed by atoms with Gasteiger partial charge in [-0.25, -0.2) is 9.59 Å². The van der Waals surface area contributed by atoms with E-state index in [4.69, 9.17) is 9.47 Å². The van der Waals surface area contributed by atoms with Crippen LogP contribution in [0.2, 0.25) is 0 Å². The quantitative estimate of drug-likeness (QED) is 0.481. The van der Waals surface area contributed by atoms with Gasteiger partial charge in [0.05, 0.1) is 23.9 Å². The summed E-state index contributed by atoms with van der Waals surface area (Å²) in [5.74, 6) is -1.03. The molecule has 2 aromatic rings. The molecular weight excluding hydrogens is 416 g/mol.